The Hall–Kier alpha value is -2.03. The molecule has 2 atom stereocenters. The molecule has 1 aromatic carbocycles. The third-order valence-corrected chi connectivity index (χ3v) is 6.72. The van der Waals surface area contributed by atoms with Gasteiger partial charge < -0.3 is 30.7 Å². The minimum absolute atomic E-state index is 0.0414. The van der Waals surface area contributed by atoms with Crippen molar-refractivity contribution in [1.29, 1.82) is 0 Å². The van der Waals surface area contributed by atoms with Gasteiger partial charge in [-0.3, -0.25) is 0 Å². The van der Waals surface area contributed by atoms with Gasteiger partial charge in [0.15, 0.2) is 0 Å². The number of urea groups is 1. The summed E-state index contributed by atoms with van der Waals surface area (Å²) < 4.78 is 6.01. The van der Waals surface area contributed by atoms with E-state index in [0.29, 0.717) is 30.5 Å². The molecular weight excluding hydrogens is 468 g/mol. The molecule has 0 saturated heterocycles. The van der Waals surface area contributed by atoms with Gasteiger partial charge in [0, 0.05) is 37.2 Å². The first-order valence-electron chi connectivity index (χ1n) is 13.0. The summed E-state index contributed by atoms with van der Waals surface area (Å²) in [4.78, 5) is 25.9. The number of carbonyl (C=O) groups is 2. The maximum absolute atomic E-state index is 13.2. The Morgan fingerprint density at radius 1 is 1.23 bits per heavy atom. The number of amides is 3. The molecule has 2 unspecified atom stereocenters. The largest absolute Gasteiger partial charge is 0.465 e. The lowest BCUT2D eigenvalue weighted by molar-refractivity contribution is 0.0429. The molecular formula is C26H43ClN4O4. The minimum atomic E-state index is -1.08. The third-order valence-electron chi connectivity index (χ3n) is 6.48. The van der Waals surface area contributed by atoms with Crippen LogP contribution >= 0.6 is 11.6 Å². The van der Waals surface area contributed by atoms with Gasteiger partial charge in [-0.15, -0.1) is 0 Å². The molecule has 0 aromatic heterocycles. The predicted molar refractivity (Wildman–Crippen MR) is 140 cm³/mol. The Morgan fingerprint density at radius 3 is 2.66 bits per heavy atom. The number of benzene rings is 1. The van der Waals surface area contributed by atoms with Crippen LogP contribution in [0.5, 0.6) is 0 Å². The molecule has 1 aliphatic rings. The zero-order chi connectivity index (χ0) is 25.5. The Kier molecular flexibility index (Phi) is 13.9. The van der Waals surface area contributed by atoms with Crippen molar-refractivity contribution >= 4 is 23.7 Å². The highest BCUT2D eigenvalue weighted by Gasteiger charge is 2.23. The molecule has 4 N–H and O–H groups in total. The molecule has 0 radical (unpaired) electrons. The summed E-state index contributed by atoms with van der Waals surface area (Å²) in [5.41, 5.74) is 0.912. The number of ether oxygens (including phenoxy) is 1. The molecule has 198 valence electrons. The first-order chi connectivity index (χ1) is 16.9. The number of rotatable bonds is 15. The highest BCUT2D eigenvalue weighted by Crippen LogP contribution is 2.27. The van der Waals surface area contributed by atoms with E-state index in [9.17, 15) is 9.59 Å². The molecule has 0 aliphatic heterocycles. The number of nitrogens with one attached hydrogen (secondary N) is 3. The second-order valence-electron chi connectivity index (χ2n) is 9.37. The van der Waals surface area contributed by atoms with Gasteiger partial charge in [0.1, 0.15) is 0 Å². The van der Waals surface area contributed by atoms with Gasteiger partial charge >= 0.3 is 12.1 Å². The van der Waals surface area contributed by atoms with E-state index in [2.05, 4.69) is 22.9 Å². The van der Waals surface area contributed by atoms with Crippen molar-refractivity contribution in [3.8, 4) is 0 Å². The van der Waals surface area contributed by atoms with Crippen LogP contribution in [0, 0.1) is 5.92 Å². The fourth-order valence-corrected chi connectivity index (χ4v) is 5.00. The van der Waals surface area contributed by atoms with Crippen molar-refractivity contribution in [3.05, 3.63) is 34.9 Å². The van der Waals surface area contributed by atoms with Crippen LogP contribution in [0.15, 0.2) is 24.3 Å². The molecule has 3 amide bonds. The minimum Gasteiger partial charge on any atom is -0.465 e. The number of likely N-dealkylation sites (N-methyl/N-ethyl adjacent to an activating group) is 1. The third kappa shape index (κ3) is 11.5. The van der Waals surface area contributed by atoms with Crippen molar-refractivity contribution in [2.45, 2.75) is 70.4 Å². The van der Waals surface area contributed by atoms with Gasteiger partial charge in [0.05, 0.1) is 12.7 Å². The van der Waals surface area contributed by atoms with E-state index in [-0.39, 0.29) is 31.3 Å². The fourth-order valence-electron chi connectivity index (χ4n) is 4.80. The average Bonchev–Trinajstić information content (AvgIpc) is 2.83. The number of carboxylic acid groups (broad SMARTS) is 1. The van der Waals surface area contributed by atoms with Gasteiger partial charge in [-0.2, -0.15) is 0 Å². The van der Waals surface area contributed by atoms with Crippen LogP contribution in [0.25, 0.3) is 0 Å². The van der Waals surface area contributed by atoms with Gasteiger partial charge in [0.25, 0.3) is 0 Å². The monoisotopic (exact) mass is 510 g/mol. The normalized spacial score (nSPS) is 15.9. The molecule has 0 spiro atoms. The first kappa shape index (κ1) is 29.2. The van der Waals surface area contributed by atoms with Crippen LogP contribution in [0.4, 0.5) is 9.59 Å². The van der Waals surface area contributed by atoms with Crippen molar-refractivity contribution in [2.75, 3.05) is 39.8 Å². The molecule has 9 heteroatoms. The molecule has 1 saturated carbocycles. The summed E-state index contributed by atoms with van der Waals surface area (Å²) in [5, 5.41) is 18.2. The lowest BCUT2D eigenvalue weighted by Gasteiger charge is -2.30. The molecule has 1 aliphatic carbocycles. The zero-order valence-electron chi connectivity index (χ0n) is 21.2. The fraction of sp³-hybridized carbons (Fsp3) is 0.692. The van der Waals surface area contributed by atoms with E-state index >= 15 is 0 Å². The highest BCUT2D eigenvalue weighted by molar-refractivity contribution is 6.30. The topological polar surface area (TPSA) is 103 Å². The van der Waals surface area contributed by atoms with E-state index in [4.69, 9.17) is 21.4 Å². The van der Waals surface area contributed by atoms with Crippen molar-refractivity contribution in [1.82, 2.24) is 20.9 Å². The summed E-state index contributed by atoms with van der Waals surface area (Å²) in [6, 6.07) is 7.54. The maximum atomic E-state index is 13.2. The number of halogens is 1. The summed E-state index contributed by atoms with van der Waals surface area (Å²) in [5.74, 6) is 0.682. The predicted octanol–water partition coefficient (Wildman–Crippen LogP) is 5.04. The molecule has 8 nitrogen and oxygen atoms in total. The Labute approximate surface area is 215 Å². The second kappa shape index (κ2) is 16.6. The SMILES string of the molecule is CCCN(CCC(OCCNC(=O)O)c1cccc(Cl)c1)C(=O)NC(CNC)CC1CCCCC1. The van der Waals surface area contributed by atoms with Gasteiger partial charge in [0.2, 0.25) is 0 Å². The van der Waals surface area contributed by atoms with Crippen LogP contribution in [0.1, 0.15) is 70.0 Å². The first-order valence-corrected chi connectivity index (χ1v) is 13.3. The lowest BCUT2D eigenvalue weighted by Crippen LogP contribution is -2.49. The lowest BCUT2D eigenvalue weighted by atomic mass is 9.85. The molecule has 35 heavy (non-hydrogen) atoms. The number of hydrogen-bond donors (Lipinski definition) is 4. The van der Waals surface area contributed by atoms with Crippen molar-refractivity contribution in [3.63, 3.8) is 0 Å². The Morgan fingerprint density at radius 2 is 2.00 bits per heavy atom. The van der Waals surface area contributed by atoms with Gasteiger partial charge in [-0.05, 0) is 49.9 Å². The summed E-state index contributed by atoms with van der Waals surface area (Å²) in [6.45, 7) is 4.43. The quantitative estimate of drug-likeness (QED) is 0.248. The van der Waals surface area contributed by atoms with E-state index in [1.807, 2.05) is 30.1 Å². The van der Waals surface area contributed by atoms with Crippen molar-refractivity contribution < 1.29 is 19.4 Å². The standard InChI is InChI=1S/C26H43ClN4O4/c1-3-14-31(25(32)30-23(19-28-2)17-20-8-5-4-6-9-20)15-12-24(35-16-13-29-26(33)34)21-10-7-11-22(27)18-21/h7,10-11,18,20,23-24,28-29H,3-6,8-9,12-17,19H2,1-2H3,(H,30,32)(H,33,34). The maximum Gasteiger partial charge on any atom is 0.404 e. The summed E-state index contributed by atoms with van der Waals surface area (Å²) >= 11 is 6.20. The summed E-state index contributed by atoms with van der Waals surface area (Å²) in [7, 11) is 1.93. The molecule has 0 heterocycles. The highest BCUT2D eigenvalue weighted by atomic mass is 35.5. The van der Waals surface area contributed by atoms with Crippen LogP contribution in [-0.2, 0) is 4.74 Å². The van der Waals surface area contributed by atoms with Crippen LogP contribution in [-0.4, -0.2) is 68.0 Å². The number of nitrogens with zero attached hydrogens (tertiary/aromatic N) is 1. The van der Waals surface area contributed by atoms with Crippen molar-refractivity contribution in [2.24, 2.45) is 5.92 Å². The smallest absolute Gasteiger partial charge is 0.404 e. The van der Waals surface area contributed by atoms with Crippen LogP contribution in [0.2, 0.25) is 5.02 Å². The number of carbonyl (C=O) groups excluding carboxylic acids is 1. The van der Waals surface area contributed by atoms with Gasteiger partial charge in [-0.1, -0.05) is 62.8 Å². The second-order valence-corrected chi connectivity index (χ2v) is 9.80. The molecule has 1 aromatic rings. The van der Waals surface area contributed by atoms with Crippen LogP contribution < -0.4 is 16.0 Å². The van der Waals surface area contributed by atoms with E-state index < -0.39 is 6.09 Å². The van der Waals surface area contributed by atoms with Gasteiger partial charge in [-0.25, -0.2) is 9.59 Å². The van der Waals surface area contributed by atoms with E-state index in [0.717, 1.165) is 24.9 Å². The average molecular weight is 511 g/mol. The Bertz CT molecular complexity index is 761. The molecule has 1 fully saturated rings. The summed E-state index contributed by atoms with van der Waals surface area (Å²) in [6.07, 6.45) is 7.49. The molecule has 2 rings (SSSR count). The van der Waals surface area contributed by atoms with E-state index in [1.165, 1.54) is 32.1 Å². The number of hydrogen-bond acceptors (Lipinski definition) is 4. The molecule has 0 bridgehead atoms. The van der Waals surface area contributed by atoms with Crippen LogP contribution in [0.3, 0.4) is 0 Å². The van der Waals surface area contributed by atoms with E-state index in [1.54, 1.807) is 6.07 Å². The Balaban J connectivity index is 1.99. The zero-order valence-corrected chi connectivity index (χ0v) is 22.0.